The highest BCUT2D eigenvalue weighted by molar-refractivity contribution is 14.0. The Hall–Kier alpha value is -1.30. The average Bonchev–Trinajstić information content (AvgIpc) is 3.26. The molecule has 1 aromatic carbocycles. The molecule has 2 aromatic rings. The van der Waals surface area contributed by atoms with Crippen molar-refractivity contribution in [3.63, 3.8) is 0 Å². The smallest absolute Gasteiger partial charge is 0.191 e. The predicted molar refractivity (Wildman–Crippen MR) is 140 cm³/mol. The quantitative estimate of drug-likeness (QED) is 0.289. The van der Waals surface area contributed by atoms with E-state index in [0.29, 0.717) is 24.5 Å². The zero-order chi connectivity index (χ0) is 22.4. The number of piperidine rings is 1. The Bertz CT molecular complexity index is 842. The third-order valence-electron chi connectivity index (χ3n) is 6.02. The van der Waals surface area contributed by atoms with Crippen LogP contribution in [0.25, 0.3) is 0 Å². The second-order valence-corrected chi connectivity index (χ2v) is 9.27. The van der Waals surface area contributed by atoms with Crippen molar-refractivity contribution < 1.29 is 8.78 Å². The lowest BCUT2D eigenvalue weighted by atomic mass is 9.88. The summed E-state index contributed by atoms with van der Waals surface area (Å²) in [6, 6.07) is 8.23. The van der Waals surface area contributed by atoms with E-state index in [-0.39, 0.29) is 29.5 Å². The maximum absolute atomic E-state index is 14.3. The van der Waals surface area contributed by atoms with Gasteiger partial charge >= 0.3 is 0 Å². The van der Waals surface area contributed by atoms with Crippen LogP contribution < -0.4 is 10.6 Å². The van der Waals surface area contributed by atoms with E-state index in [4.69, 9.17) is 0 Å². The number of nitrogens with one attached hydrogen (secondary N) is 2. The van der Waals surface area contributed by atoms with Gasteiger partial charge in [-0.2, -0.15) is 0 Å². The standard InChI is InChI=1S/C23H33F2N5S.HI/c1-26-23(28-15-19(29(2)3)21-17(24)9-5-10-18(21)25)27-14-16-8-6-12-30(4)22(16)20-11-7-13-31-20;/h5,7,9-11,13,16,19,22H,6,8,12,14-15H2,1-4H3,(H2,26,27,28);1H. The van der Waals surface area contributed by atoms with Crippen molar-refractivity contribution in [1.82, 2.24) is 20.4 Å². The Morgan fingerprint density at radius 3 is 2.53 bits per heavy atom. The zero-order valence-electron chi connectivity index (χ0n) is 19.1. The Kier molecular flexibility index (Phi) is 10.8. The van der Waals surface area contributed by atoms with Crippen LogP contribution in [0, 0.1) is 17.6 Å². The summed E-state index contributed by atoms with van der Waals surface area (Å²) in [5.41, 5.74) is 0.0714. The molecule has 9 heteroatoms. The number of aliphatic imine (C=N–C) groups is 1. The third kappa shape index (κ3) is 6.61. The number of rotatable bonds is 7. The SMILES string of the molecule is CN=C(NCC1CCCN(C)C1c1cccs1)NCC(c1c(F)cccc1F)N(C)C.I. The molecule has 0 amide bonds. The number of likely N-dealkylation sites (tertiary alicyclic amines) is 1. The van der Waals surface area contributed by atoms with Gasteiger partial charge in [-0.25, -0.2) is 8.78 Å². The lowest BCUT2D eigenvalue weighted by Gasteiger charge is -2.39. The van der Waals surface area contributed by atoms with E-state index in [0.717, 1.165) is 19.5 Å². The topological polar surface area (TPSA) is 42.9 Å². The van der Waals surface area contributed by atoms with Gasteiger partial charge in [0.25, 0.3) is 0 Å². The Labute approximate surface area is 211 Å². The highest BCUT2D eigenvalue weighted by atomic mass is 127. The van der Waals surface area contributed by atoms with Crippen LogP contribution in [-0.2, 0) is 0 Å². The zero-order valence-corrected chi connectivity index (χ0v) is 22.3. The van der Waals surface area contributed by atoms with Gasteiger partial charge in [0.15, 0.2) is 5.96 Å². The lowest BCUT2D eigenvalue weighted by molar-refractivity contribution is 0.125. The van der Waals surface area contributed by atoms with Crippen molar-refractivity contribution in [3.8, 4) is 0 Å². The molecule has 1 fully saturated rings. The summed E-state index contributed by atoms with van der Waals surface area (Å²) in [6.07, 6.45) is 2.32. The van der Waals surface area contributed by atoms with E-state index < -0.39 is 17.7 Å². The van der Waals surface area contributed by atoms with Crippen molar-refractivity contribution in [2.75, 3.05) is 47.8 Å². The minimum absolute atomic E-state index is 0. The minimum Gasteiger partial charge on any atom is -0.356 e. The summed E-state index contributed by atoms with van der Waals surface area (Å²) in [5, 5.41) is 8.83. The van der Waals surface area contributed by atoms with Crippen molar-refractivity contribution in [3.05, 3.63) is 57.8 Å². The molecule has 0 saturated carbocycles. The van der Waals surface area contributed by atoms with E-state index in [1.807, 2.05) is 19.0 Å². The van der Waals surface area contributed by atoms with Crippen LogP contribution in [0.2, 0.25) is 0 Å². The van der Waals surface area contributed by atoms with E-state index >= 15 is 0 Å². The number of halogens is 3. The van der Waals surface area contributed by atoms with Gasteiger partial charge in [0.1, 0.15) is 11.6 Å². The number of hydrogen-bond acceptors (Lipinski definition) is 4. The first-order chi connectivity index (χ1) is 14.9. The first kappa shape index (κ1) is 26.9. The molecule has 1 aromatic heterocycles. The molecule has 3 unspecified atom stereocenters. The summed E-state index contributed by atoms with van der Waals surface area (Å²) in [5.74, 6) is 0.0336. The molecule has 5 nitrogen and oxygen atoms in total. The molecule has 3 atom stereocenters. The molecule has 3 rings (SSSR count). The maximum Gasteiger partial charge on any atom is 0.191 e. The number of benzene rings is 1. The summed E-state index contributed by atoms with van der Waals surface area (Å²) in [4.78, 5) is 9.96. The molecule has 2 N–H and O–H groups in total. The van der Waals surface area contributed by atoms with Gasteiger partial charge < -0.3 is 15.5 Å². The summed E-state index contributed by atoms with van der Waals surface area (Å²) in [7, 11) is 7.54. The molecule has 0 bridgehead atoms. The summed E-state index contributed by atoms with van der Waals surface area (Å²) >= 11 is 1.80. The van der Waals surface area contributed by atoms with Crippen LogP contribution in [0.1, 0.15) is 35.4 Å². The molecule has 1 aliphatic rings. The van der Waals surface area contributed by atoms with Gasteiger partial charge in [-0.05, 0) is 70.0 Å². The normalized spacial score (nSPS) is 20.7. The summed E-state index contributed by atoms with van der Waals surface area (Å²) < 4.78 is 28.7. The largest absolute Gasteiger partial charge is 0.356 e. The van der Waals surface area contributed by atoms with E-state index in [2.05, 4.69) is 45.1 Å². The molecule has 178 valence electrons. The highest BCUT2D eigenvalue weighted by Gasteiger charge is 2.31. The molecular weight excluding hydrogens is 543 g/mol. The maximum atomic E-state index is 14.3. The summed E-state index contributed by atoms with van der Waals surface area (Å²) in [6.45, 7) is 2.22. The van der Waals surface area contributed by atoms with Crippen LogP contribution in [0.5, 0.6) is 0 Å². The van der Waals surface area contributed by atoms with E-state index in [9.17, 15) is 8.78 Å². The van der Waals surface area contributed by atoms with Crippen molar-refractivity contribution in [2.45, 2.75) is 24.9 Å². The first-order valence-corrected chi connectivity index (χ1v) is 11.6. The molecule has 1 saturated heterocycles. The number of likely N-dealkylation sites (N-methyl/N-ethyl adjacent to an activating group) is 1. The van der Waals surface area contributed by atoms with Gasteiger partial charge in [0.05, 0.1) is 6.04 Å². The van der Waals surface area contributed by atoms with Crippen LogP contribution in [-0.4, -0.2) is 63.6 Å². The van der Waals surface area contributed by atoms with Crippen LogP contribution >= 0.6 is 35.3 Å². The Balaban J connectivity index is 0.00000363. The van der Waals surface area contributed by atoms with Gasteiger partial charge in [-0.1, -0.05) is 12.1 Å². The van der Waals surface area contributed by atoms with E-state index in [1.54, 1.807) is 18.4 Å². The fourth-order valence-electron chi connectivity index (χ4n) is 4.40. The highest BCUT2D eigenvalue weighted by Crippen LogP contribution is 2.36. The van der Waals surface area contributed by atoms with Gasteiger partial charge in [-0.3, -0.25) is 9.89 Å². The molecule has 1 aliphatic heterocycles. The van der Waals surface area contributed by atoms with Gasteiger partial charge in [0.2, 0.25) is 0 Å². The Morgan fingerprint density at radius 1 is 1.22 bits per heavy atom. The lowest BCUT2D eigenvalue weighted by Crippen LogP contribution is -2.46. The van der Waals surface area contributed by atoms with Gasteiger partial charge in [-0.15, -0.1) is 35.3 Å². The third-order valence-corrected chi connectivity index (χ3v) is 6.96. The van der Waals surface area contributed by atoms with Crippen LogP contribution in [0.4, 0.5) is 8.78 Å². The van der Waals surface area contributed by atoms with Crippen molar-refractivity contribution in [1.29, 1.82) is 0 Å². The molecular formula is C23H34F2IN5S. The predicted octanol–water partition coefficient (Wildman–Crippen LogP) is 4.50. The Morgan fingerprint density at radius 2 is 1.94 bits per heavy atom. The monoisotopic (exact) mass is 577 g/mol. The van der Waals surface area contributed by atoms with Gasteiger partial charge in [0, 0.05) is 36.6 Å². The first-order valence-electron chi connectivity index (χ1n) is 10.7. The number of nitrogens with zero attached hydrogens (tertiary/aromatic N) is 3. The fourth-order valence-corrected chi connectivity index (χ4v) is 5.38. The molecule has 0 radical (unpaired) electrons. The number of guanidine groups is 1. The number of hydrogen-bond donors (Lipinski definition) is 2. The number of thiophene rings is 1. The molecule has 32 heavy (non-hydrogen) atoms. The fraction of sp³-hybridized carbons (Fsp3) is 0.522. The second kappa shape index (κ2) is 12.8. The van der Waals surface area contributed by atoms with Crippen LogP contribution in [0.3, 0.4) is 0 Å². The minimum atomic E-state index is -0.535. The average molecular weight is 578 g/mol. The van der Waals surface area contributed by atoms with Crippen molar-refractivity contribution >= 4 is 41.3 Å². The van der Waals surface area contributed by atoms with Crippen LogP contribution in [0.15, 0.2) is 40.7 Å². The molecule has 2 heterocycles. The van der Waals surface area contributed by atoms with E-state index in [1.165, 1.54) is 29.5 Å². The molecule has 0 aliphatic carbocycles. The molecule has 0 spiro atoms. The van der Waals surface area contributed by atoms with Crippen molar-refractivity contribution in [2.24, 2.45) is 10.9 Å². The second-order valence-electron chi connectivity index (χ2n) is 8.29.